The fourth-order valence-electron chi connectivity index (χ4n) is 2.32. The molecule has 20 heavy (non-hydrogen) atoms. The van der Waals surface area contributed by atoms with Gasteiger partial charge in [0.15, 0.2) is 0 Å². The Kier molecular flexibility index (Phi) is 6.12. The van der Waals surface area contributed by atoms with Crippen molar-refractivity contribution < 1.29 is 19.5 Å². The van der Waals surface area contributed by atoms with Gasteiger partial charge in [-0.05, 0) is 19.1 Å². The van der Waals surface area contributed by atoms with Gasteiger partial charge in [-0.3, -0.25) is 4.79 Å². The first kappa shape index (κ1) is 16.6. The third-order valence-corrected chi connectivity index (χ3v) is 4.95. The molecule has 0 aromatic heterocycles. The second-order valence-corrected chi connectivity index (χ2v) is 6.26. The van der Waals surface area contributed by atoms with Crippen LogP contribution in [0.15, 0.2) is 0 Å². The summed E-state index contributed by atoms with van der Waals surface area (Å²) in [6.45, 7) is 0.489. The molecule has 0 aromatic carbocycles. The number of amides is 3. The molecule has 1 saturated carbocycles. The molecule has 0 heterocycles. The highest BCUT2D eigenvalue weighted by Crippen LogP contribution is 2.39. The lowest BCUT2D eigenvalue weighted by molar-refractivity contribution is -0.140. The molecular weight excluding hydrogens is 282 g/mol. The molecule has 1 rings (SSSR count). The zero-order valence-electron chi connectivity index (χ0n) is 11.5. The lowest BCUT2D eigenvalue weighted by Crippen LogP contribution is -2.50. The molecule has 0 unspecified atom stereocenters. The summed E-state index contributed by atoms with van der Waals surface area (Å²) in [5, 5.41) is 13.8. The van der Waals surface area contributed by atoms with Crippen LogP contribution in [0.3, 0.4) is 0 Å². The number of carboxylic acid groups (broad SMARTS) is 1. The van der Waals surface area contributed by atoms with Gasteiger partial charge in [-0.15, -0.1) is 0 Å². The van der Waals surface area contributed by atoms with Gasteiger partial charge < -0.3 is 21.5 Å². The summed E-state index contributed by atoms with van der Waals surface area (Å²) in [4.78, 5) is 33.3. The number of carbonyl (C=O) groups is 3. The van der Waals surface area contributed by atoms with Crippen LogP contribution in [-0.2, 0) is 9.59 Å². The van der Waals surface area contributed by atoms with Gasteiger partial charge in [0.2, 0.25) is 5.91 Å². The molecule has 1 atom stereocenters. The van der Waals surface area contributed by atoms with Crippen molar-refractivity contribution in [1.29, 1.82) is 0 Å². The molecule has 8 heteroatoms. The minimum atomic E-state index is -1.29. The van der Waals surface area contributed by atoms with Crippen LogP contribution in [-0.4, -0.2) is 46.6 Å². The Hall–Kier alpha value is -1.44. The fourth-order valence-corrected chi connectivity index (χ4v) is 3.24. The van der Waals surface area contributed by atoms with Crippen molar-refractivity contribution in [2.24, 2.45) is 5.73 Å². The average Bonchev–Trinajstić information content (AvgIpc) is 2.84. The summed E-state index contributed by atoms with van der Waals surface area (Å²) in [6.07, 6.45) is 5.96. The number of primary amides is 1. The van der Waals surface area contributed by atoms with Crippen molar-refractivity contribution in [1.82, 2.24) is 10.6 Å². The molecule has 5 N–H and O–H groups in total. The first-order valence-electron chi connectivity index (χ1n) is 6.49. The van der Waals surface area contributed by atoms with Gasteiger partial charge in [-0.1, -0.05) is 12.8 Å². The molecule has 1 aliphatic carbocycles. The van der Waals surface area contributed by atoms with Gasteiger partial charge in [-0.25, -0.2) is 9.59 Å². The van der Waals surface area contributed by atoms with E-state index in [1.165, 1.54) is 0 Å². The first-order chi connectivity index (χ1) is 9.38. The van der Waals surface area contributed by atoms with Crippen molar-refractivity contribution in [2.75, 3.05) is 12.8 Å². The summed E-state index contributed by atoms with van der Waals surface area (Å²) < 4.78 is 0.0414. The monoisotopic (exact) mass is 303 g/mol. The average molecular weight is 303 g/mol. The summed E-state index contributed by atoms with van der Waals surface area (Å²) in [6, 6.07) is -1.87. The van der Waals surface area contributed by atoms with E-state index in [4.69, 9.17) is 10.8 Å². The fraction of sp³-hybridized carbons (Fsp3) is 0.750. The summed E-state index contributed by atoms with van der Waals surface area (Å²) in [7, 11) is 0. The van der Waals surface area contributed by atoms with Gasteiger partial charge in [0.25, 0.3) is 0 Å². The second-order valence-electron chi connectivity index (χ2n) is 4.98. The van der Waals surface area contributed by atoms with Crippen LogP contribution in [0.5, 0.6) is 0 Å². The Morgan fingerprint density at radius 3 is 2.40 bits per heavy atom. The Balaban J connectivity index is 2.45. The van der Waals surface area contributed by atoms with Crippen LogP contribution in [0, 0.1) is 0 Å². The molecule has 1 aliphatic rings. The Labute approximate surface area is 122 Å². The number of hydrogen-bond acceptors (Lipinski definition) is 4. The van der Waals surface area contributed by atoms with Gasteiger partial charge in [0.05, 0.1) is 6.42 Å². The highest BCUT2D eigenvalue weighted by molar-refractivity contribution is 8.00. The standard InChI is InChI=1S/C12H21N3O4S/c1-20-12(4-2-3-5-12)7-14-11(19)15-8(10(17)18)6-9(13)16/h8H,2-7H2,1H3,(H2,13,16)(H,17,18)(H2,14,15,19)/t8-/m1/s1. The number of thioether (sulfide) groups is 1. The van der Waals surface area contributed by atoms with Crippen molar-refractivity contribution >= 4 is 29.7 Å². The van der Waals surface area contributed by atoms with E-state index in [1.807, 2.05) is 6.26 Å². The summed E-state index contributed by atoms with van der Waals surface area (Å²) in [5.74, 6) is -2.05. The van der Waals surface area contributed by atoms with Crippen molar-refractivity contribution in [3.05, 3.63) is 0 Å². The van der Waals surface area contributed by atoms with Gasteiger partial charge in [0, 0.05) is 11.3 Å². The topological polar surface area (TPSA) is 122 Å². The summed E-state index contributed by atoms with van der Waals surface area (Å²) >= 11 is 1.72. The van der Waals surface area contributed by atoms with Crippen LogP contribution >= 0.6 is 11.8 Å². The predicted molar refractivity (Wildman–Crippen MR) is 76.5 cm³/mol. The minimum absolute atomic E-state index is 0.0414. The maximum absolute atomic E-state index is 11.7. The number of rotatable bonds is 7. The van der Waals surface area contributed by atoms with E-state index in [0.717, 1.165) is 25.7 Å². The lowest BCUT2D eigenvalue weighted by atomic mass is 10.1. The minimum Gasteiger partial charge on any atom is -0.480 e. The number of urea groups is 1. The van der Waals surface area contributed by atoms with E-state index in [0.29, 0.717) is 6.54 Å². The van der Waals surface area contributed by atoms with Crippen LogP contribution in [0.25, 0.3) is 0 Å². The normalized spacial score (nSPS) is 18.2. The van der Waals surface area contributed by atoms with Gasteiger partial charge >= 0.3 is 12.0 Å². The molecule has 0 aliphatic heterocycles. The molecule has 114 valence electrons. The quantitative estimate of drug-likeness (QED) is 0.538. The lowest BCUT2D eigenvalue weighted by Gasteiger charge is -2.27. The van der Waals surface area contributed by atoms with Crippen LogP contribution < -0.4 is 16.4 Å². The number of nitrogens with two attached hydrogens (primary N) is 1. The van der Waals surface area contributed by atoms with E-state index in [2.05, 4.69) is 10.6 Å². The van der Waals surface area contributed by atoms with E-state index in [1.54, 1.807) is 11.8 Å². The number of carbonyl (C=O) groups excluding carboxylic acids is 2. The molecule has 3 amide bonds. The third-order valence-electron chi connectivity index (χ3n) is 3.53. The second kappa shape index (κ2) is 7.37. The maximum atomic E-state index is 11.7. The zero-order valence-corrected chi connectivity index (χ0v) is 12.3. The molecule has 7 nitrogen and oxygen atoms in total. The number of aliphatic carboxylic acids is 1. The van der Waals surface area contributed by atoms with Gasteiger partial charge in [0.1, 0.15) is 6.04 Å². The molecule has 0 saturated heterocycles. The molecular formula is C12H21N3O4S. The number of hydrogen-bond donors (Lipinski definition) is 4. The largest absolute Gasteiger partial charge is 0.480 e. The van der Waals surface area contributed by atoms with Crippen LogP contribution in [0.4, 0.5) is 4.79 Å². The highest BCUT2D eigenvalue weighted by Gasteiger charge is 2.33. The highest BCUT2D eigenvalue weighted by atomic mass is 32.2. The molecule has 0 bridgehead atoms. The van der Waals surface area contributed by atoms with Crippen LogP contribution in [0.2, 0.25) is 0 Å². The van der Waals surface area contributed by atoms with E-state index >= 15 is 0 Å². The van der Waals surface area contributed by atoms with Gasteiger partial charge in [-0.2, -0.15) is 11.8 Å². The third kappa shape index (κ3) is 4.92. The zero-order chi connectivity index (χ0) is 15.2. The van der Waals surface area contributed by atoms with E-state index in [9.17, 15) is 14.4 Å². The van der Waals surface area contributed by atoms with E-state index in [-0.39, 0.29) is 4.75 Å². The van der Waals surface area contributed by atoms with Crippen molar-refractivity contribution in [3.8, 4) is 0 Å². The van der Waals surface area contributed by atoms with Crippen molar-refractivity contribution in [3.63, 3.8) is 0 Å². The molecule has 0 radical (unpaired) electrons. The van der Waals surface area contributed by atoms with E-state index < -0.39 is 30.4 Å². The molecule has 1 fully saturated rings. The van der Waals surface area contributed by atoms with Crippen LogP contribution in [0.1, 0.15) is 32.1 Å². The molecule has 0 aromatic rings. The Morgan fingerprint density at radius 2 is 1.95 bits per heavy atom. The Bertz CT molecular complexity index is 383. The summed E-state index contributed by atoms with van der Waals surface area (Å²) in [5.41, 5.74) is 4.95. The SMILES string of the molecule is CSC1(CNC(=O)N[C@H](CC(N)=O)C(=O)O)CCCC1. The smallest absolute Gasteiger partial charge is 0.326 e. The number of nitrogens with one attached hydrogen (secondary N) is 2. The first-order valence-corrected chi connectivity index (χ1v) is 7.72. The number of carboxylic acids is 1. The Morgan fingerprint density at radius 1 is 1.35 bits per heavy atom. The predicted octanol–water partition coefficient (Wildman–Crippen LogP) is 0.290. The molecule has 0 spiro atoms. The maximum Gasteiger partial charge on any atom is 0.326 e. The van der Waals surface area contributed by atoms with Crippen molar-refractivity contribution in [2.45, 2.75) is 42.9 Å².